The summed E-state index contributed by atoms with van der Waals surface area (Å²) in [5.41, 5.74) is 0.881. The third kappa shape index (κ3) is 4.28. The molecule has 21 heavy (non-hydrogen) atoms. The van der Waals surface area contributed by atoms with Gasteiger partial charge in [-0.05, 0) is 36.9 Å². The van der Waals surface area contributed by atoms with Gasteiger partial charge in [-0.15, -0.1) is 11.3 Å². The Morgan fingerprint density at radius 2 is 1.81 bits per heavy atom. The van der Waals surface area contributed by atoms with E-state index < -0.39 is 10.0 Å². The summed E-state index contributed by atoms with van der Waals surface area (Å²) in [5.74, 6) is 0.747. The Hall–Kier alpha value is -1.41. The number of benzene rings is 1. The zero-order valence-electron chi connectivity index (χ0n) is 11.9. The molecule has 0 radical (unpaired) electrons. The fourth-order valence-electron chi connectivity index (χ4n) is 1.76. The minimum atomic E-state index is -3.46. The molecule has 0 atom stereocenters. The predicted molar refractivity (Wildman–Crippen MR) is 84.1 cm³/mol. The Balaban J connectivity index is 2.02. The lowest BCUT2D eigenvalue weighted by molar-refractivity contribution is 0.414. The summed E-state index contributed by atoms with van der Waals surface area (Å²) >= 11 is 1.27. The van der Waals surface area contributed by atoms with Crippen molar-refractivity contribution in [1.82, 2.24) is 10.0 Å². The van der Waals surface area contributed by atoms with Gasteiger partial charge in [-0.25, -0.2) is 13.1 Å². The molecule has 0 aliphatic heterocycles. The Morgan fingerprint density at radius 1 is 1.10 bits per heavy atom. The van der Waals surface area contributed by atoms with Gasteiger partial charge in [0.15, 0.2) is 0 Å². The van der Waals surface area contributed by atoms with Gasteiger partial charge in [0.1, 0.15) is 9.96 Å². The molecule has 1 heterocycles. The Bertz CT molecular complexity index is 678. The van der Waals surface area contributed by atoms with Gasteiger partial charge in [-0.1, -0.05) is 12.1 Å². The molecule has 2 aromatic rings. The number of thiophene rings is 1. The standard InChI is InChI=1S/C14H18N2O3S2/c1-15-10-13-7-8-14(20-13)21(17,18)16-9-11-3-5-12(19-2)6-4-11/h3-8,15-16H,9-10H2,1-2H3. The third-order valence-electron chi connectivity index (χ3n) is 2.88. The summed E-state index contributed by atoms with van der Waals surface area (Å²) in [5, 5.41) is 3.00. The van der Waals surface area contributed by atoms with Crippen LogP contribution in [0.25, 0.3) is 0 Å². The molecule has 0 saturated carbocycles. The number of rotatable bonds is 7. The van der Waals surface area contributed by atoms with Crippen molar-refractivity contribution in [3.63, 3.8) is 0 Å². The summed E-state index contributed by atoms with van der Waals surface area (Å²) in [6.45, 7) is 0.921. The van der Waals surface area contributed by atoms with Crippen molar-refractivity contribution in [1.29, 1.82) is 0 Å². The first-order chi connectivity index (χ1) is 10.0. The second-order valence-corrected chi connectivity index (χ2v) is 7.59. The van der Waals surface area contributed by atoms with E-state index in [1.165, 1.54) is 11.3 Å². The van der Waals surface area contributed by atoms with Crippen molar-refractivity contribution in [2.24, 2.45) is 0 Å². The molecular weight excluding hydrogens is 308 g/mol. The van der Waals surface area contributed by atoms with E-state index in [4.69, 9.17) is 4.74 Å². The van der Waals surface area contributed by atoms with E-state index in [2.05, 4.69) is 10.0 Å². The van der Waals surface area contributed by atoms with Gasteiger partial charge in [-0.2, -0.15) is 0 Å². The third-order valence-corrected chi connectivity index (χ3v) is 5.86. The SMILES string of the molecule is CNCc1ccc(S(=O)(=O)NCc2ccc(OC)cc2)s1. The van der Waals surface area contributed by atoms with Crippen molar-refractivity contribution < 1.29 is 13.2 Å². The summed E-state index contributed by atoms with van der Waals surface area (Å²) in [6, 6.07) is 10.7. The van der Waals surface area contributed by atoms with Gasteiger partial charge < -0.3 is 10.1 Å². The molecule has 0 unspecified atom stereocenters. The highest BCUT2D eigenvalue weighted by molar-refractivity contribution is 7.91. The fraction of sp³-hybridized carbons (Fsp3) is 0.286. The molecule has 2 N–H and O–H groups in total. The number of hydrogen-bond donors (Lipinski definition) is 2. The van der Waals surface area contributed by atoms with Crippen LogP contribution in [-0.2, 0) is 23.1 Å². The zero-order chi connectivity index (χ0) is 15.3. The average molecular weight is 326 g/mol. The first kappa shape index (κ1) is 16.0. The molecule has 114 valence electrons. The van der Waals surface area contributed by atoms with Crippen LogP contribution >= 0.6 is 11.3 Å². The van der Waals surface area contributed by atoms with Crippen molar-refractivity contribution >= 4 is 21.4 Å². The number of methoxy groups -OCH3 is 1. The van der Waals surface area contributed by atoms with Crippen molar-refractivity contribution in [2.75, 3.05) is 14.2 Å². The minimum Gasteiger partial charge on any atom is -0.497 e. The molecule has 5 nitrogen and oxygen atoms in total. The van der Waals surface area contributed by atoms with Crippen molar-refractivity contribution in [3.8, 4) is 5.75 Å². The van der Waals surface area contributed by atoms with E-state index in [0.717, 1.165) is 16.2 Å². The number of hydrogen-bond acceptors (Lipinski definition) is 5. The molecule has 0 fully saturated rings. The molecular formula is C14H18N2O3S2. The average Bonchev–Trinajstić information content (AvgIpc) is 2.96. The second kappa shape index (κ2) is 7.04. The normalized spacial score (nSPS) is 11.5. The quantitative estimate of drug-likeness (QED) is 0.816. The van der Waals surface area contributed by atoms with Gasteiger partial charge in [0.2, 0.25) is 10.0 Å². The van der Waals surface area contributed by atoms with Gasteiger partial charge in [-0.3, -0.25) is 0 Å². The maximum absolute atomic E-state index is 12.2. The van der Waals surface area contributed by atoms with Crippen LogP contribution in [0, 0.1) is 0 Å². The molecule has 0 saturated heterocycles. The van der Waals surface area contributed by atoms with Crippen LogP contribution in [-0.4, -0.2) is 22.6 Å². The molecule has 1 aromatic heterocycles. The summed E-state index contributed by atoms with van der Waals surface area (Å²) in [6.07, 6.45) is 0. The highest BCUT2D eigenvalue weighted by atomic mass is 32.2. The maximum atomic E-state index is 12.2. The molecule has 7 heteroatoms. The van der Waals surface area contributed by atoms with Gasteiger partial charge in [0.25, 0.3) is 0 Å². The molecule has 0 amide bonds. The predicted octanol–water partition coefficient (Wildman–Crippen LogP) is 1.95. The molecule has 0 spiro atoms. The maximum Gasteiger partial charge on any atom is 0.250 e. The summed E-state index contributed by atoms with van der Waals surface area (Å²) in [4.78, 5) is 0.988. The monoisotopic (exact) mass is 326 g/mol. The molecule has 0 bridgehead atoms. The minimum absolute atomic E-state index is 0.256. The lowest BCUT2D eigenvalue weighted by Crippen LogP contribution is -2.22. The largest absolute Gasteiger partial charge is 0.497 e. The van der Waals surface area contributed by atoms with Gasteiger partial charge in [0, 0.05) is 18.0 Å². The lowest BCUT2D eigenvalue weighted by Gasteiger charge is -2.06. The lowest BCUT2D eigenvalue weighted by atomic mass is 10.2. The topological polar surface area (TPSA) is 67.4 Å². The Labute approximate surface area is 129 Å². The van der Waals surface area contributed by atoms with E-state index in [0.29, 0.717) is 10.8 Å². The Morgan fingerprint density at radius 3 is 2.43 bits per heavy atom. The highest BCUT2D eigenvalue weighted by Crippen LogP contribution is 2.21. The number of sulfonamides is 1. The van der Waals surface area contributed by atoms with Crippen LogP contribution in [0.5, 0.6) is 5.75 Å². The second-order valence-electron chi connectivity index (χ2n) is 4.42. The van der Waals surface area contributed by atoms with Gasteiger partial charge in [0.05, 0.1) is 7.11 Å². The first-order valence-corrected chi connectivity index (χ1v) is 8.71. The molecule has 0 aliphatic rings. The highest BCUT2D eigenvalue weighted by Gasteiger charge is 2.16. The number of ether oxygens (including phenoxy) is 1. The summed E-state index contributed by atoms with van der Waals surface area (Å²) in [7, 11) is -0.0385. The van der Waals surface area contributed by atoms with Crippen LogP contribution < -0.4 is 14.8 Å². The fourth-order valence-corrected chi connectivity index (χ4v) is 4.19. The van der Waals surface area contributed by atoms with Crippen molar-refractivity contribution in [3.05, 3.63) is 46.8 Å². The molecule has 0 aliphatic carbocycles. The Kier molecular flexibility index (Phi) is 5.35. The molecule has 2 rings (SSSR count). The summed E-state index contributed by atoms with van der Waals surface area (Å²) < 4.78 is 32.4. The van der Waals surface area contributed by atoms with Crippen LogP contribution in [0.15, 0.2) is 40.6 Å². The van der Waals surface area contributed by atoms with Crippen LogP contribution in [0.1, 0.15) is 10.4 Å². The zero-order valence-corrected chi connectivity index (χ0v) is 13.6. The van der Waals surface area contributed by atoms with Crippen LogP contribution in [0.3, 0.4) is 0 Å². The van der Waals surface area contributed by atoms with Crippen molar-refractivity contribution in [2.45, 2.75) is 17.3 Å². The van der Waals surface area contributed by atoms with E-state index >= 15 is 0 Å². The van der Waals surface area contributed by atoms with E-state index in [1.807, 2.05) is 25.2 Å². The van der Waals surface area contributed by atoms with Crippen LogP contribution in [0.4, 0.5) is 0 Å². The van der Waals surface area contributed by atoms with E-state index in [9.17, 15) is 8.42 Å². The van der Waals surface area contributed by atoms with E-state index in [-0.39, 0.29) is 6.54 Å². The van der Waals surface area contributed by atoms with E-state index in [1.54, 1.807) is 25.3 Å². The number of nitrogens with one attached hydrogen (secondary N) is 2. The van der Waals surface area contributed by atoms with Crippen LogP contribution in [0.2, 0.25) is 0 Å². The first-order valence-electron chi connectivity index (χ1n) is 6.41. The van der Waals surface area contributed by atoms with Gasteiger partial charge >= 0.3 is 0 Å². The smallest absolute Gasteiger partial charge is 0.250 e. The molecule has 1 aromatic carbocycles.